The van der Waals surface area contributed by atoms with E-state index in [0.717, 1.165) is 11.1 Å². The van der Waals surface area contributed by atoms with Gasteiger partial charge in [0.15, 0.2) is 17.2 Å². The lowest BCUT2D eigenvalue weighted by Crippen LogP contribution is -2.52. The van der Waals surface area contributed by atoms with E-state index in [1.54, 1.807) is 6.92 Å². The van der Waals surface area contributed by atoms with Crippen LogP contribution in [0, 0.1) is 27.7 Å². The Balaban J connectivity index is 1.84. The first kappa shape index (κ1) is 32.3. The van der Waals surface area contributed by atoms with Crippen molar-refractivity contribution in [3.8, 4) is 11.5 Å². The predicted molar refractivity (Wildman–Crippen MR) is 159 cm³/mol. The summed E-state index contributed by atoms with van der Waals surface area (Å²) in [4.78, 5) is 40.9. The number of benzene rings is 2. The van der Waals surface area contributed by atoms with E-state index in [2.05, 4.69) is 74.4 Å². The van der Waals surface area contributed by atoms with Crippen molar-refractivity contribution in [3.05, 3.63) is 87.7 Å². The minimum absolute atomic E-state index is 0.0224. The number of nitrogens with zero attached hydrogens (tertiary/aromatic N) is 1. The molecule has 0 aliphatic carbocycles. The number of ether oxygens (including phenoxy) is 4. The van der Waals surface area contributed by atoms with Crippen LogP contribution in [-0.4, -0.2) is 55.3 Å². The summed E-state index contributed by atoms with van der Waals surface area (Å²) in [6, 6.07) is 14.3. The molecule has 3 aromatic rings. The van der Waals surface area contributed by atoms with Crippen molar-refractivity contribution >= 4 is 18.2 Å². The second-order valence-electron chi connectivity index (χ2n) is 10.8. The summed E-state index contributed by atoms with van der Waals surface area (Å²) < 4.78 is 22.0. The van der Waals surface area contributed by atoms with E-state index in [0.29, 0.717) is 6.29 Å². The van der Waals surface area contributed by atoms with Crippen molar-refractivity contribution in [2.45, 2.75) is 66.0 Å². The number of nitrogens with one attached hydrogen (secondary N) is 1. The van der Waals surface area contributed by atoms with Gasteiger partial charge in [-0.2, -0.15) is 0 Å². The molecule has 0 aliphatic rings. The Bertz CT molecular complexity index is 1390. The first-order valence-corrected chi connectivity index (χ1v) is 13.7. The monoisotopic (exact) mass is 576 g/mol. The third-order valence-corrected chi connectivity index (χ3v) is 7.32. The number of rotatable bonds is 13. The number of carbonyl (C=O) groups is 3. The molecule has 2 aromatic carbocycles. The highest BCUT2D eigenvalue weighted by atomic mass is 16.7. The van der Waals surface area contributed by atoms with Crippen molar-refractivity contribution < 1.29 is 33.3 Å². The van der Waals surface area contributed by atoms with Crippen LogP contribution in [0.2, 0.25) is 0 Å². The van der Waals surface area contributed by atoms with Gasteiger partial charge in [0.05, 0.1) is 19.8 Å². The summed E-state index contributed by atoms with van der Waals surface area (Å²) in [5.41, 5.74) is 5.43. The van der Waals surface area contributed by atoms with Gasteiger partial charge in [0.25, 0.3) is 5.91 Å². The molecule has 1 aromatic heterocycles. The Morgan fingerprint density at radius 1 is 0.976 bits per heavy atom. The van der Waals surface area contributed by atoms with Crippen LogP contribution < -0.4 is 14.8 Å². The van der Waals surface area contributed by atoms with Gasteiger partial charge in [-0.25, -0.2) is 4.98 Å². The molecule has 0 unspecified atom stereocenters. The molecule has 9 nitrogen and oxygen atoms in total. The molecule has 0 radical (unpaired) electrons. The Labute approximate surface area is 247 Å². The molecule has 0 spiro atoms. The number of hydrogen-bond acceptors (Lipinski definition) is 8. The van der Waals surface area contributed by atoms with Gasteiger partial charge in [0.2, 0.25) is 6.79 Å². The minimum Gasteiger partial charge on any atom is -0.493 e. The van der Waals surface area contributed by atoms with Crippen LogP contribution in [0.25, 0.3) is 0 Å². The van der Waals surface area contributed by atoms with Crippen LogP contribution in [0.1, 0.15) is 70.6 Å². The minimum atomic E-state index is -1.39. The molecule has 1 heterocycles. The molecule has 2 atom stereocenters. The highest BCUT2D eigenvalue weighted by Crippen LogP contribution is 2.33. The van der Waals surface area contributed by atoms with Crippen LogP contribution in [-0.2, 0) is 19.1 Å². The highest BCUT2D eigenvalue weighted by molar-refractivity contribution is 5.97. The van der Waals surface area contributed by atoms with Gasteiger partial charge in [0.1, 0.15) is 11.8 Å². The fraction of sp³-hybridized carbons (Fsp3) is 0.394. The number of amides is 1. The number of carbonyl (C=O) groups excluding carboxylic acids is 3. The second kappa shape index (κ2) is 14.1. The normalized spacial score (nSPS) is 13.2. The van der Waals surface area contributed by atoms with E-state index in [9.17, 15) is 14.4 Å². The first-order chi connectivity index (χ1) is 19.9. The molecule has 1 amide bonds. The van der Waals surface area contributed by atoms with E-state index in [1.807, 2.05) is 6.92 Å². The summed E-state index contributed by atoms with van der Waals surface area (Å²) in [6.45, 7) is 12.6. The molecule has 1 N–H and O–H groups in total. The lowest BCUT2D eigenvalue weighted by atomic mass is 9.84. The Morgan fingerprint density at radius 3 is 2.07 bits per heavy atom. The zero-order valence-electron chi connectivity index (χ0n) is 25.6. The topological polar surface area (TPSA) is 113 Å². The maximum atomic E-state index is 13.3. The van der Waals surface area contributed by atoms with Crippen LogP contribution in [0.15, 0.2) is 48.7 Å². The summed E-state index contributed by atoms with van der Waals surface area (Å²) in [5.74, 6) is -1.16. The quantitative estimate of drug-likeness (QED) is 0.169. The maximum absolute atomic E-state index is 13.3. The lowest BCUT2D eigenvalue weighted by Gasteiger charge is -2.31. The van der Waals surface area contributed by atoms with Gasteiger partial charge in [0, 0.05) is 25.1 Å². The molecule has 0 fully saturated rings. The van der Waals surface area contributed by atoms with Crippen molar-refractivity contribution in [3.63, 3.8) is 0 Å². The number of hydrogen-bond donors (Lipinski definition) is 1. The summed E-state index contributed by atoms with van der Waals surface area (Å²) in [6.07, 6.45) is 1.67. The molecule has 9 heteroatoms. The second-order valence-corrected chi connectivity index (χ2v) is 10.8. The number of aryl methyl sites for hydroxylation is 4. The number of methoxy groups -OCH3 is 1. The number of aldehydes is 1. The fourth-order valence-corrected chi connectivity index (χ4v) is 4.53. The van der Waals surface area contributed by atoms with Gasteiger partial charge in [-0.1, -0.05) is 36.4 Å². The van der Waals surface area contributed by atoms with Crippen molar-refractivity contribution in [1.29, 1.82) is 0 Å². The third kappa shape index (κ3) is 7.94. The number of pyridine rings is 1. The number of aromatic nitrogens is 1. The molecule has 3 rings (SSSR count). The van der Waals surface area contributed by atoms with Gasteiger partial charge < -0.3 is 29.1 Å². The Morgan fingerprint density at radius 2 is 1.57 bits per heavy atom. The van der Waals surface area contributed by atoms with Gasteiger partial charge in [-0.3, -0.25) is 9.59 Å². The van der Waals surface area contributed by atoms with Gasteiger partial charge >= 0.3 is 5.97 Å². The predicted octanol–water partition coefficient (Wildman–Crippen LogP) is 5.15. The molecule has 0 bridgehead atoms. The molecular weight excluding hydrogens is 536 g/mol. The largest absolute Gasteiger partial charge is 0.493 e. The fourth-order valence-electron chi connectivity index (χ4n) is 4.53. The zero-order valence-corrected chi connectivity index (χ0v) is 25.6. The van der Waals surface area contributed by atoms with E-state index in [1.165, 1.54) is 48.6 Å². The smallest absolute Gasteiger partial charge is 0.305 e. The Kier molecular flexibility index (Phi) is 10.8. The van der Waals surface area contributed by atoms with E-state index in [4.69, 9.17) is 18.9 Å². The lowest BCUT2D eigenvalue weighted by molar-refractivity contribution is -0.147. The molecule has 42 heavy (non-hydrogen) atoms. The third-order valence-electron chi connectivity index (χ3n) is 7.32. The molecule has 0 saturated heterocycles. The van der Waals surface area contributed by atoms with E-state index < -0.39 is 24.2 Å². The average molecular weight is 577 g/mol. The first-order valence-electron chi connectivity index (χ1n) is 13.7. The summed E-state index contributed by atoms with van der Waals surface area (Å²) in [7, 11) is 1.40. The van der Waals surface area contributed by atoms with Crippen LogP contribution in [0.3, 0.4) is 0 Å². The zero-order chi connectivity index (χ0) is 31.0. The summed E-state index contributed by atoms with van der Waals surface area (Å²) in [5, 5.41) is 2.72. The van der Waals surface area contributed by atoms with Crippen molar-refractivity contribution in [1.82, 2.24) is 10.3 Å². The van der Waals surface area contributed by atoms with Gasteiger partial charge in [-0.15, -0.1) is 0 Å². The standard InChI is InChI=1S/C33H40N2O7/c1-20-9-11-26(15-22(20)3)29(27-12-10-21(2)23(4)16-27)24(5)40-18-33(7,17-36)35-32(38)30-31(42-19-41-25(6)37)28(39-8)13-14-34-30/h9-17,24,29H,18-19H2,1-8H3,(H,35,38)/t24-,33+/m0/s1. The van der Waals surface area contributed by atoms with E-state index in [-0.39, 0.29) is 35.8 Å². The van der Waals surface area contributed by atoms with Crippen molar-refractivity contribution in [2.24, 2.45) is 0 Å². The van der Waals surface area contributed by atoms with Crippen LogP contribution in [0.5, 0.6) is 11.5 Å². The van der Waals surface area contributed by atoms with E-state index >= 15 is 0 Å². The van der Waals surface area contributed by atoms with Gasteiger partial charge in [-0.05, 0) is 74.9 Å². The average Bonchev–Trinajstić information content (AvgIpc) is 2.95. The molecule has 224 valence electrons. The van der Waals surface area contributed by atoms with Crippen molar-refractivity contribution in [2.75, 3.05) is 20.5 Å². The molecular formula is C33H40N2O7. The highest BCUT2D eigenvalue weighted by Gasteiger charge is 2.32. The Hall–Kier alpha value is -4.24. The maximum Gasteiger partial charge on any atom is 0.305 e. The number of esters is 1. The molecule has 0 aliphatic heterocycles. The molecule has 0 saturated carbocycles. The summed E-state index contributed by atoms with van der Waals surface area (Å²) >= 11 is 0. The SMILES string of the molecule is COc1ccnc(C(=O)N[C@](C)(C=O)CO[C@@H](C)C(c2ccc(C)c(C)c2)c2ccc(C)c(C)c2)c1OCOC(C)=O. The van der Waals surface area contributed by atoms with Crippen LogP contribution >= 0.6 is 0 Å². The van der Waals surface area contributed by atoms with Crippen LogP contribution in [0.4, 0.5) is 0 Å².